The van der Waals surface area contributed by atoms with Gasteiger partial charge in [0.25, 0.3) is 11.8 Å². The molecule has 1 saturated heterocycles. The van der Waals surface area contributed by atoms with E-state index in [0.29, 0.717) is 28.2 Å². The maximum atomic E-state index is 15.8. The normalized spacial score (nSPS) is 19.7. The van der Waals surface area contributed by atoms with E-state index in [0.717, 1.165) is 62.6 Å². The first-order chi connectivity index (χ1) is 24.7. The summed E-state index contributed by atoms with van der Waals surface area (Å²) in [7, 11) is 2.82. The first-order valence-electron chi connectivity index (χ1n) is 17.6. The smallest absolute Gasteiger partial charge is 0.341 e. The Hall–Kier alpha value is -3.76. The van der Waals surface area contributed by atoms with E-state index < -0.39 is 33.5 Å². The summed E-state index contributed by atoms with van der Waals surface area (Å²) in [6.07, 6.45) is 3.23. The quantitative estimate of drug-likeness (QED) is 0.306. The molecule has 2 aromatic carbocycles. The van der Waals surface area contributed by atoms with Crippen LogP contribution in [0.1, 0.15) is 63.1 Å². The largest absolute Gasteiger partial charge is 0.422 e. The molecule has 7 rings (SSSR count). The van der Waals surface area contributed by atoms with Gasteiger partial charge in [-0.25, -0.2) is 13.9 Å². The Morgan fingerprint density at radius 3 is 2.38 bits per heavy atom. The van der Waals surface area contributed by atoms with E-state index in [9.17, 15) is 22.8 Å². The lowest BCUT2D eigenvalue weighted by atomic mass is 9.94. The predicted octanol–water partition coefficient (Wildman–Crippen LogP) is 3.53. The van der Waals surface area contributed by atoms with Gasteiger partial charge in [-0.3, -0.25) is 14.5 Å². The fraction of sp³-hybridized carbons (Fsp3) is 0.528. The Balaban J connectivity index is 1.15. The Labute approximate surface area is 307 Å². The van der Waals surface area contributed by atoms with Crippen LogP contribution in [0, 0.1) is 12.7 Å². The van der Waals surface area contributed by atoms with E-state index in [1.807, 2.05) is 13.0 Å². The van der Waals surface area contributed by atoms with Crippen molar-refractivity contribution in [2.75, 3.05) is 70.8 Å². The molecule has 2 saturated carbocycles. The van der Waals surface area contributed by atoms with Crippen molar-refractivity contribution < 1.29 is 31.6 Å². The molecule has 2 aliphatic carbocycles. The number of nitrogens with one attached hydrogen (secondary N) is 1. The lowest BCUT2D eigenvalue weighted by molar-refractivity contribution is 0.0727. The van der Waals surface area contributed by atoms with Crippen LogP contribution in [-0.4, -0.2) is 114 Å². The van der Waals surface area contributed by atoms with Crippen LogP contribution in [0.3, 0.4) is 0 Å². The number of methoxy groups -OCH3 is 1. The van der Waals surface area contributed by atoms with Gasteiger partial charge in [0.1, 0.15) is 11.4 Å². The zero-order valence-corrected chi connectivity index (χ0v) is 31.6. The van der Waals surface area contributed by atoms with Crippen LogP contribution in [0.4, 0.5) is 15.8 Å². The number of hydrogen-bond acceptors (Lipinski definition) is 10. The molecule has 0 unspecified atom stereocenters. The zero-order valence-electron chi connectivity index (χ0n) is 30.0. The number of ether oxygens (including phenoxy) is 1. The highest BCUT2D eigenvalue weighted by Crippen LogP contribution is 2.40. The lowest BCUT2D eigenvalue weighted by Crippen LogP contribution is -2.53. The minimum absolute atomic E-state index is 0.129. The highest BCUT2D eigenvalue weighted by molar-refractivity contribution is 7.87. The highest BCUT2D eigenvalue weighted by Gasteiger charge is 2.47. The number of hydrogen-bond donors (Lipinski definition) is 1. The van der Waals surface area contributed by atoms with Gasteiger partial charge in [-0.1, -0.05) is 11.6 Å². The van der Waals surface area contributed by atoms with E-state index in [2.05, 4.69) is 21.6 Å². The van der Waals surface area contributed by atoms with Gasteiger partial charge < -0.3 is 23.9 Å². The molecule has 3 heterocycles. The molecule has 2 amide bonds. The van der Waals surface area contributed by atoms with Crippen LogP contribution in [0.25, 0.3) is 11.0 Å². The molecule has 52 heavy (non-hydrogen) atoms. The molecule has 0 spiro atoms. The van der Waals surface area contributed by atoms with Crippen molar-refractivity contribution in [2.24, 2.45) is 0 Å². The summed E-state index contributed by atoms with van der Waals surface area (Å²) in [4.78, 5) is 48.1. The number of amides is 2. The molecule has 3 fully saturated rings. The number of aryl methyl sites for hydroxylation is 1. The summed E-state index contributed by atoms with van der Waals surface area (Å²) in [6, 6.07) is 3.96. The van der Waals surface area contributed by atoms with E-state index in [-0.39, 0.29) is 60.0 Å². The van der Waals surface area contributed by atoms with Gasteiger partial charge in [0.05, 0.1) is 46.6 Å². The summed E-state index contributed by atoms with van der Waals surface area (Å²) in [5.41, 5.74) is 2.08. The monoisotopic (exact) mass is 758 g/mol. The molecular weight excluding hydrogens is 715 g/mol. The molecule has 13 nitrogen and oxygen atoms in total. The number of fused-ring (bicyclic) bond motifs is 3. The molecule has 1 atom stereocenters. The van der Waals surface area contributed by atoms with E-state index in [1.54, 1.807) is 21.2 Å². The van der Waals surface area contributed by atoms with Gasteiger partial charge in [-0.15, -0.1) is 0 Å². The first kappa shape index (κ1) is 36.6. The predicted molar refractivity (Wildman–Crippen MR) is 196 cm³/mol. The SMILES string of the molecule is COC[C@H]1CN(c2cc(Cl)c3c4c(c(=O)oc3c2C)CN(C(=O)c2cc(N(C)C)c(C(=O)NS(=O)(=O)N(C3CC3)C3CC3)cc2F)CC4)CCN1C. The van der Waals surface area contributed by atoms with Gasteiger partial charge in [0.2, 0.25) is 0 Å². The third kappa shape index (κ3) is 6.77. The third-order valence-corrected chi connectivity index (χ3v) is 12.6. The maximum absolute atomic E-state index is 15.8. The molecule has 2 aliphatic heterocycles. The van der Waals surface area contributed by atoms with Gasteiger partial charge in [-0.05, 0) is 69.8 Å². The zero-order chi connectivity index (χ0) is 37.2. The van der Waals surface area contributed by atoms with Gasteiger partial charge in [-0.2, -0.15) is 12.7 Å². The van der Waals surface area contributed by atoms with Crippen LogP contribution in [-0.2, 0) is 27.9 Å². The number of nitrogens with zero attached hydrogens (tertiary/aromatic N) is 5. The molecule has 1 aromatic heterocycles. The Bertz CT molecular complexity index is 2110. The van der Waals surface area contributed by atoms with Crippen LogP contribution >= 0.6 is 11.6 Å². The fourth-order valence-corrected chi connectivity index (χ4v) is 9.52. The molecule has 3 aromatic rings. The number of anilines is 2. The highest BCUT2D eigenvalue weighted by atomic mass is 35.5. The summed E-state index contributed by atoms with van der Waals surface area (Å²) in [5.74, 6) is -2.65. The second-order valence-corrected chi connectivity index (χ2v) is 16.5. The third-order valence-electron chi connectivity index (χ3n) is 10.7. The average Bonchev–Trinajstić information content (AvgIpc) is 4.04. The molecule has 4 aliphatic rings. The van der Waals surface area contributed by atoms with Crippen molar-refractivity contribution in [3.63, 3.8) is 0 Å². The lowest BCUT2D eigenvalue weighted by Gasteiger charge is -2.41. The molecule has 280 valence electrons. The first-order valence-corrected chi connectivity index (χ1v) is 19.4. The van der Waals surface area contributed by atoms with Crippen molar-refractivity contribution in [1.82, 2.24) is 18.8 Å². The fourth-order valence-electron chi connectivity index (χ4n) is 7.56. The number of halogens is 2. The second-order valence-electron chi connectivity index (χ2n) is 14.5. The summed E-state index contributed by atoms with van der Waals surface area (Å²) < 4.78 is 57.0. The van der Waals surface area contributed by atoms with Crippen molar-refractivity contribution in [1.29, 1.82) is 0 Å². The summed E-state index contributed by atoms with van der Waals surface area (Å²) >= 11 is 6.93. The molecule has 0 radical (unpaired) electrons. The van der Waals surface area contributed by atoms with E-state index in [4.69, 9.17) is 20.8 Å². The van der Waals surface area contributed by atoms with Gasteiger partial charge in [0.15, 0.2) is 0 Å². The Morgan fingerprint density at radius 2 is 1.75 bits per heavy atom. The minimum atomic E-state index is -4.15. The molecule has 0 bridgehead atoms. The number of likely N-dealkylation sites (N-methyl/N-ethyl adjacent to an activating group) is 1. The maximum Gasteiger partial charge on any atom is 0.341 e. The van der Waals surface area contributed by atoms with Crippen LogP contribution in [0.2, 0.25) is 5.02 Å². The topological polar surface area (TPSA) is 136 Å². The second kappa shape index (κ2) is 13.9. The number of rotatable bonds is 10. The van der Waals surface area contributed by atoms with Gasteiger partial charge >= 0.3 is 15.8 Å². The standard InChI is InChI=1S/C36H44ClFN6O7S/c1-20-30(42-13-12-41(4)23(17-42)19-50-5)16-28(37)32-24-10-11-43(18-27(24)36(47)51-33(20)32)35(46)25-15-31(40(2)3)26(14-29(25)38)34(45)39-52(48,49)44(21-6-7-21)22-8-9-22/h14-16,21-23H,6-13,17-19H2,1-5H3,(H,39,45)/t23-/m1/s1. The number of carbonyl (C=O) groups is 2. The van der Waals surface area contributed by atoms with E-state index >= 15 is 4.39 Å². The Morgan fingerprint density at radius 1 is 1.06 bits per heavy atom. The minimum Gasteiger partial charge on any atom is -0.422 e. The number of benzene rings is 2. The molecular formula is C36H44ClFN6O7S. The van der Waals surface area contributed by atoms with Crippen molar-refractivity contribution >= 4 is 56.0 Å². The van der Waals surface area contributed by atoms with Crippen molar-refractivity contribution in [3.8, 4) is 0 Å². The van der Waals surface area contributed by atoms with Gasteiger partial charge in [0, 0.05) is 76.1 Å². The van der Waals surface area contributed by atoms with Crippen LogP contribution in [0.5, 0.6) is 0 Å². The van der Waals surface area contributed by atoms with Crippen molar-refractivity contribution in [3.05, 3.63) is 67.3 Å². The summed E-state index contributed by atoms with van der Waals surface area (Å²) in [5, 5.41) is 1.06. The van der Waals surface area contributed by atoms with E-state index in [1.165, 1.54) is 20.2 Å². The molecule has 16 heteroatoms. The Kier molecular flexibility index (Phi) is 9.78. The average molecular weight is 759 g/mol. The van der Waals surface area contributed by atoms with Crippen molar-refractivity contribution in [2.45, 2.75) is 63.7 Å². The molecule has 1 N–H and O–H groups in total. The summed E-state index contributed by atoms with van der Waals surface area (Å²) in [6.45, 7) is 4.85. The number of carbonyl (C=O) groups excluding carboxylic acids is 2. The number of piperazine rings is 1. The van der Waals surface area contributed by atoms with Crippen LogP contribution < -0.4 is 20.1 Å². The van der Waals surface area contributed by atoms with Crippen LogP contribution in [0.15, 0.2) is 27.4 Å².